The van der Waals surface area contributed by atoms with E-state index in [0.29, 0.717) is 11.9 Å². The number of guanidine groups is 1. The van der Waals surface area contributed by atoms with Crippen LogP contribution in [0.1, 0.15) is 13.3 Å². The first-order valence-corrected chi connectivity index (χ1v) is 6.58. The molecule has 0 radical (unpaired) electrons. The van der Waals surface area contributed by atoms with E-state index in [9.17, 15) is 0 Å². The summed E-state index contributed by atoms with van der Waals surface area (Å²) < 4.78 is 11.0. The SMILES string of the molecule is C=C(C)C1OCCC1CN=C(N)N1CCOCC1. The van der Waals surface area contributed by atoms with Gasteiger partial charge >= 0.3 is 0 Å². The number of nitrogens with two attached hydrogens (primary N) is 1. The second-order valence-corrected chi connectivity index (χ2v) is 4.98. The van der Waals surface area contributed by atoms with Crippen LogP contribution in [0.3, 0.4) is 0 Å². The molecule has 5 heteroatoms. The Morgan fingerprint density at radius 2 is 2.11 bits per heavy atom. The highest BCUT2D eigenvalue weighted by Crippen LogP contribution is 2.25. The Kier molecular flexibility index (Phi) is 4.60. The molecule has 0 amide bonds. The van der Waals surface area contributed by atoms with Crippen LogP contribution < -0.4 is 5.73 Å². The van der Waals surface area contributed by atoms with Gasteiger partial charge in [0.1, 0.15) is 0 Å². The maximum absolute atomic E-state index is 6.01. The normalized spacial score (nSPS) is 29.6. The average molecular weight is 253 g/mol. The topological polar surface area (TPSA) is 60.1 Å². The fourth-order valence-corrected chi connectivity index (χ4v) is 2.47. The zero-order valence-corrected chi connectivity index (χ0v) is 11.1. The Bertz CT molecular complexity index is 324. The molecule has 2 atom stereocenters. The fraction of sp³-hybridized carbons (Fsp3) is 0.769. The Labute approximate surface area is 109 Å². The van der Waals surface area contributed by atoms with Gasteiger partial charge in [-0.15, -0.1) is 0 Å². The molecule has 2 aliphatic heterocycles. The van der Waals surface area contributed by atoms with Crippen LogP contribution in [0.4, 0.5) is 0 Å². The molecule has 0 spiro atoms. The Hall–Kier alpha value is -1.07. The van der Waals surface area contributed by atoms with Crippen LogP contribution in [-0.4, -0.2) is 56.4 Å². The van der Waals surface area contributed by atoms with Crippen molar-refractivity contribution in [3.05, 3.63) is 12.2 Å². The van der Waals surface area contributed by atoms with Crippen molar-refractivity contribution in [1.82, 2.24) is 4.90 Å². The molecule has 102 valence electrons. The van der Waals surface area contributed by atoms with Crippen LogP contribution in [0.5, 0.6) is 0 Å². The van der Waals surface area contributed by atoms with Crippen LogP contribution in [0.2, 0.25) is 0 Å². The van der Waals surface area contributed by atoms with E-state index in [0.717, 1.165) is 51.4 Å². The van der Waals surface area contributed by atoms with E-state index in [1.54, 1.807) is 0 Å². The summed E-state index contributed by atoms with van der Waals surface area (Å²) in [6.45, 7) is 10.6. The fourth-order valence-electron chi connectivity index (χ4n) is 2.47. The molecular formula is C13H23N3O2. The minimum Gasteiger partial charge on any atom is -0.378 e. The van der Waals surface area contributed by atoms with E-state index in [2.05, 4.69) is 16.5 Å². The molecular weight excluding hydrogens is 230 g/mol. The first-order chi connectivity index (χ1) is 8.68. The molecule has 2 unspecified atom stereocenters. The summed E-state index contributed by atoms with van der Waals surface area (Å²) in [7, 11) is 0. The van der Waals surface area contributed by atoms with E-state index in [1.807, 2.05) is 6.92 Å². The molecule has 5 nitrogen and oxygen atoms in total. The average Bonchev–Trinajstić information content (AvgIpc) is 2.85. The molecule has 18 heavy (non-hydrogen) atoms. The number of aliphatic imine (C=N–C) groups is 1. The van der Waals surface area contributed by atoms with Crippen molar-refractivity contribution in [2.45, 2.75) is 19.4 Å². The van der Waals surface area contributed by atoms with Gasteiger partial charge in [-0.3, -0.25) is 4.99 Å². The van der Waals surface area contributed by atoms with E-state index in [-0.39, 0.29) is 6.10 Å². The molecule has 0 aromatic rings. The lowest BCUT2D eigenvalue weighted by Crippen LogP contribution is -2.45. The molecule has 0 aromatic heterocycles. The van der Waals surface area contributed by atoms with Crippen molar-refractivity contribution in [1.29, 1.82) is 0 Å². The zero-order chi connectivity index (χ0) is 13.0. The molecule has 0 saturated carbocycles. The summed E-state index contributed by atoms with van der Waals surface area (Å²) in [6, 6.07) is 0. The van der Waals surface area contributed by atoms with Crippen LogP contribution >= 0.6 is 0 Å². The predicted molar refractivity (Wildman–Crippen MR) is 71.5 cm³/mol. The standard InChI is InChI=1S/C13H23N3O2/c1-10(2)12-11(3-6-18-12)9-15-13(14)16-4-7-17-8-5-16/h11-12H,1,3-9H2,2H3,(H2,14,15). The van der Waals surface area contributed by atoms with Gasteiger partial charge in [-0.25, -0.2) is 0 Å². The highest BCUT2D eigenvalue weighted by molar-refractivity contribution is 5.78. The van der Waals surface area contributed by atoms with Gasteiger partial charge in [0, 0.05) is 32.2 Å². The maximum Gasteiger partial charge on any atom is 0.191 e. The van der Waals surface area contributed by atoms with Crippen LogP contribution in [0, 0.1) is 5.92 Å². The van der Waals surface area contributed by atoms with E-state index in [1.165, 1.54) is 0 Å². The van der Waals surface area contributed by atoms with Gasteiger partial charge in [0.05, 0.1) is 19.3 Å². The lowest BCUT2D eigenvalue weighted by atomic mass is 9.97. The number of morpholine rings is 1. The second kappa shape index (κ2) is 6.20. The molecule has 0 bridgehead atoms. The third-order valence-electron chi connectivity index (χ3n) is 3.52. The predicted octanol–water partition coefficient (Wildman–Crippen LogP) is 0.615. The zero-order valence-electron chi connectivity index (χ0n) is 11.1. The lowest BCUT2D eigenvalue weighted by Gasteiger charge is -2.28. The van der Waals surface area contributed by atoms with E-state index >= 15 is 0 Å². The largest absolute Gasteiger partial charge is 0.378 e. The first kappa shape index (κ1) is 13.4. The Morgan fingerprint density at radius 1 is 1.39 bits per heavy atom. The summed E-state index contributed by atoms with van der Waals surface area (Å²) in [5.41, 5.74) is 7.09. The van der Waals surface area contributed by atoms with Crippen LogP contribution in [-0.2, 0) is 9.47 Å². The number of hydrogen-bond donors (Lipinski definition) is 1. The molecule has 0 aromatic carbocycles. The van der Waals surface area contributed by atoms with Crippen LogP contribution in [0.15, 0.2) is 17.1 Å². The molecule has 2 heterocycles. The monoisotopic (exact) mass is 253 g/mol. The van der Waals surface area contributed by atoms with Crippen molar-refractivity contribution in [2.75, 3.05) is 39.5 Å². The quantitative estimate of drug-likeness (QED) is 0.455. The summed E-state index contributed by atoms with van der Waals surface area (Å²) in [4.78, 5) is 6.58. The summed E-state index contributed by atoms with van der Waals surface area (Å²) in [6.07, 6.45) is 1.18. The van der Waals surface area contributed by atoms with Gasteiger partial charge in [-0.2, -0.15) is 0 Å². The van der Waals surface area contributed by atoms with Gasteiger partial charge in [0.25, 0.3) is 0 Å². The van der Waals surface area contributed by atoms with Crippen molar-refractivity contribution >= 4 is 5.96 Å². The minimum absolute atomic E-state index is 0.145. The molecule has 2 rings (SSSR count). The van der Waals surface area contributed by atoms with Crippen LogP contribution in [0.25, 0.3) is 0 Å². The number of ether oxygens (including phenoxy) is 2. The van der Waals surface area contributed by atoms with Crippen molar-refractivity contribution in [3.8, 4) is 0 Å². The van der Waals surface area contributed by atoms with Crippen molar-refractivity contribution < 1.29 is 9.47 Å². The molecule has 2 aliphatic rings. The smallest absolute Gasteiger partial charge is 0.191 e. The highest BCUT2D eigenvalue weighted by Gasteiger charge is 2.28. The Morgan fingerprint density at radius 3 is 2.78 bits per heavy atom. The maximum atomic E-state index is 6.01. The van der Waals surface area contributed by atoms with Gasteiger partial charge in [0.2, 0.25) is 0 Å². The van der Waals surface area contributed by atoms with Crippen molar-refractivity contribution in [2.24, 2.45) is 16.6 Å². The number of rotatable bonds is 3. The lowest BCUT2D eigenvalue weighted by molar-refractivity contribution is 0.0673. The number of nitrogens with zero attached hydrogens (tertiary/aromatic N) is 2. The van der Waals surface area contributed by atoms with Gasteiger partial charge < -0.3 is 20.1 Å². The minimum atomic E-state index is 0.145. The van der Waals surface area contributed by atoms with E-state index < -0.39 is 0 Å². The molecule has 2 N–H and O–H groups in total. The van der Waals surface area contributed by atoms with Gasteiger partial charge in [-0.1, -0.05) is 12.2 Å². The Balaban J connectivity index is 1.86. The molecule has 2 saturated heterocycles. The number of hydrogen-bond acceptors (Lipinski definition) is 3. The summed E-state index contributed by atoms with van der Waals surface area (Å²) >= 11 is 0. The third-order valence-corrected chi connectivity index (χ3v) is 3.52. The summed E-state index contributed by atoms with van der Waals surface area (Å²) in [5, 5.41) is 0. The first-order valence-electron chi connectivity index (χ1n) is 6.58. The van der Waals surface area contributed by atoms with Crippen molar-refractivity contribution in [3.63, 3.8) is 0 Å². The highest BCUT2D eigenvalue weighted by atomic mass is 16.5. The van der Waals surface area contributed by atoms with Gasteiger partial charge in [0.15, 0.2) is 5.96 Å². The third kappa shape index (κ3) is 3.23. The van der Waals surface area contributed by atoms with Gasteiger partial charge in [-0.05, 0) is 13.3 Å². The van der Waals surface area contributed by atoms with E-state index in [4.69, 9.17) is 15.2 Å². The molecule has 0 aliphatic carbocycles. The molecule has 2 fully saturated rings. The second-order valence-electron chi connectivity index (χ2n) is 4.98. The summed E-state index contributed by atoms with van der Waals surface area (Å²) in [5.74, 6) is 1.05.